The van der Waals surface area contributed by atoms with Gasteiger partial charge in [0.05, 0.1) is 24.9 Å². The van der Waals surface area contributed by atoms with Crippen LogP contribution in [0.1, 0.15) is 5.56 Å². The number of rotatable bonds is 6. The van der Waals surface area contributed by atoms with Crippen LogP contribution in [-0.2, 0) is 4.79 Å². The number of amides is 1. The summed E-state index contributed by atoms with van der Waals surface area (Å²) in [6.07, 6.45) is 1.34. The highest BCUT2D eigenvalue weighted by Gasteiger charge is 2.18. The molecule has 4 rings (SSSR count). The van der Waals surface area contributed by atoms with E-state index in [1.165, 1.54) is 25.2 Å². The van der Waals surface area contributed by atoms with Crippen molar-refractivity contribution in [2.45, 2.75) is 12.1 Å². The molecule has 0 fully saturated rings. The number of ether oxygens (including phenoxy) is 1. The van der Waals surface area contributed by atoms with Crippen molar-refractivity contribution in [1.82, 2.24) is 19.5 Å². The van der Waals surface area contributed by atoms with Crippen LogP contribution in [0.15, 0.2) is 58.7 Å². The smallest absolute Gasteiger partial charge is 0.278 e. The number of anilines is 1. The molecule has 0 saturated carbocycles. The summed E-state index contributed by atoms with van der Waals surface area (Å²) in [7, 11) is 1.52. The second-order valence-corrected chi connectivity index (χ2v) is 8.03. The maximum atomic E-state index is 12.6. The van der Waals surface area contributed by atoms with Gasteiger partial charge in [-0.3, -0.25) is 14.2 Å². The Labute approximate surface area is 186 Å². The molecule has 2 heterocycles. The fourth-order valence-corrected chi connectivity index (χ4v) is 3.98. The zero-order valence-electron chi connectivity index (χ0n) is 16.7. The third-order valence-electron chi connectivity index (χ3n) is 4.48. The lowest BCUT2D eigenvalue weighted by Gasteiger charge is -2.11. The van der Waals surface area contributed by atoms with Gasteiger partial charge in [-0.1, -0.05) is 41.1 Å². The van der Waals surface area contributed by atoms with Crippen molar-refractivity contribution in [1.29, 1.82) is 0 Å². The first-order valence-corrected chi connectivity index (χ1v) is 10.6. The molecule has 2 N–H and O–H groups in total. The Morgan fingerprint density at radius 2 is 2.03 bits per heavy atom. The standard InChI is InChI=1S/C21H18ClN5O3S/c1-12-3-6-14(7-4-12)27-19-18(20(29)24-11-23-19)26-21(27)31-10-17(28)25-15-9-13(22)5-8-16(15)30-2/h3-9,11H,10H2,1-2H3,(H,25,28)(H,23,24,29). The zero-order chi connectivity index (χ0) is 22.0. The van der Waals surface area contributed by atoms with E-state index in [0.29, 0.717) is 27.3 Å². The minimum Gasteiger partial charge on any atom is -0.495 e. The Morgan fingerprint density at radius 3 is 2.77 bits per heavy atom. The summed E-state index contributed by atoms with van der Waals surface area (Å²) in [5.41, 5.74) is 2.67. The molecular weight excluding hydrogens is 438 g/mol. The van der Waals surface area contributed by atoms with Crippen molar-refractivity contribution in [3.8, 4) is 11.4 Å². The molecule has 0 unspecified atom stereocenters. The first kappa shape index (κ1) is 21.0. The van der Waals surface area contributed by atoms with Gasteiger partial charge in [0, 0.05) is 10.7 Å². The van der Waals surface area contributed by atoms with Crippen LogP contribution >= 0.6 is 23.4 Å². The fourth-order valence-electron chi connectivity index (χ4n) is 3.00. The van der Waals surface area contributed by atoms with Crippen LogP contribution in [0.25, 0.3) is 16.9 Å². The van der Waals surface area contributed by atoms with E-state index < -0.39 is 0 Å². The summed E-state index contributed by atoms with van der Waals surface area (Å²) in [6.45, 7) is 1.99. The largest absolute Gasteiger partial charge is 0.495 e. The molecule has 0 radical (unpaired) electrons. The lowest BCUT2D eigenvalue weighted by atomic mass is 10.2. The topological polar surface area (TPSA) is 102 Å². The molecule has 1 amide bonds. The second kappa shape index (κ2) is 8.83. The summed E-state index contributed by atoms with van der Waals surface area (Å²) in [4.78, 5) is 36.1. The average Bonchev–Trinajstić information content (AvgIpc) is 3.13. The number of aromatic nitrogens is 4. The van der Waals surface area contributed by atoms with Gasteiger partial charge in [0.1, 0.15) is 5.75 Å². The summed E-state index contributed by atoms with van der Waals surface area (Å²) < 4.78 is 7.03. The number of carbonyl (C=O) groups excluding carboxylic acids is 1. The number of aryl methyl sites for hydroxylation is 1. The molecule has 0 aliphatic heterocycles. The maximum Gasteiger partial charge on any atom is 0.278 e. The number of hydrogen-bond donors (Lipinski definition) is 2. The highest BCUT2D eigenvalue weighted by molar-refractivity contribution is 7.99. The minimum atomic E-state index is -0.342. The molecule has 0 aliphatic rings. The van der Waals surface area contributed by atoms with Gasteiger partial charge in [0.15, 0.2) is 16.3 Å². The van der Waals surface area contributed by atoms with Crippen molar-refractivity contribution in [3.63, 3.8) is 0 Å². The van der Waals surface area contributed by atoms with Crippen LogP contribution < -0.4 is 15.6 Å². The monoisotopic (exact) mass is 455 g/mol. The number of H-pyrrole nitrogens is 1. The van der Waals surface area contributed by atoms with E-state index in [1.54, 1.807) is 22.8 Å². The molecule has 10 heteroatoms. The van der Waals surface area contributed by atoms with Gasteiger partial charge < -0.3 is 15.0 Å². The predicted molar refractivity (Wildman–Crippen MR) is 122 cm³/mol. The Kier molecular flexibility index (Phi) is 5.97. The summed E-state index contributed by atoms with van der Waals surface area (Å²) >= 11 is 7.22. The molecule has 2 aromatic carbocycles. The summed E-state index contributed by atoms with van der Waals surface area (Å²) in [5, 5.41) is 3.76. The number of fused-ring (bicyclic) bond motifs is 1. The van der Waals surface area contributed by atoms with Gasteiger partial charge in [-0.15, -0.1) is 0 Å². The molecule has 31 heavy (non-hydrogen) atoms. The van der Waals surface area contributed by atoms with Crippen LogP contribution in [0.5, 0.6) is 5.75 Å². The number of methoxy groups -OCH3 is 1. The quantitative estimate of drug-likeness (QED) is 0.429. The Hall–Kier alpha value is -3.30. The predicted octanol–water partition coefficient (Wildman–Crippen LogP) is 3.81. The third kappa shape index (κ3) is 4.42. The number of imidazole rings is 1. The van der Waals surface area contributed by atoms with Crippen LogP contribution in [-0.4, -0.2) is 38.3 Å². The van der Waals surface area contributed by atoms with Gasteiger partial charge >= 0.3 is 0 Å². The van der Waals surface area contributed by atoms with Gasteiger partial charge in [0.2, 0.25) is 5.91 Å². The van der Waals surface area contributed by atoms with Gasteiger partial charge in [0.25, 0.3) is 5.56 Å². The summed E-state index contributed by atoms with van der Waals surface area (Å²) in [5.74, 6) is 0.295. The molecule has 0 spiro atoms. The number of benzene rings is 2. The van der Waals surface area contributed by atoms with E-state index >= 15 is 0 Å². The number of carbonyl (C=O) groups is 1. The molecule has 0 saturated heterocycles. The highest BCUT2D eigenvalue weighted by Crippen LogP contribution is 2.29. The Balaban J connectivity index is 1.63. The lowest BCUT2D eigenvalue weighted by Crippen LogP contribution is -2.15. The van der Waals surface area contributed by atoms with Crippen LogP contribution in [0.3, 0.4) is 0 Å². The van der Waals surface area contributed by atoms with E-state index in [0.717, 1.165) is 11.3 Å². The second-order valence-electron chi connectivity index (χ2n) is 6.65. The van der Waals surface area contributed by atoms with Gasteiger partial charge in [-0.2, -0.15) is 0 Å². The SMILES string of the molecule is COc1ccc(Cl)cc1NC(=O)CSc1nc2c(=O)[nH]cnc2n1-c1ccc(C)cc1. The highest BCUT2D eigenvalue weighted by atomic mass is 35.5. The minimum absolute atomic E-state index is 0.0583. The van der Waals surface area contributed by atoms with E-state index in [1.807, 2.05) is 31.2 Å². The van der Waals surface area contributed by atoms with E-state index in [4.69, 9.17) is 16.3 Å². The van der Waals surface area contributed by atoms with Crippen molar-refractivity contribution in [3.05, 3.63) is 69.7 Å². The molecule has 2 aromatic heterocycles. The Morgan fingerprint density at radius 1 is 1.26 bits per heavy atom. The maximum absolute atomic E-state index is 12.6. The normalized spacial score (nSPS) is 10.9. The summed E-state index contributed by atoms with van der Waals surface area (Å²) in [6, 6.07) is 12.7. The third-order valence-corrected chi connectivity index (χ3v) is 5.65. The number of nitrogens with zero attached hydrogens (tertiary/aromatic N) is 3. The number of halogens is 1. The van der Waals surface area contributed by atoms with E-state index in [2.05, 4.69) is 20.3 Å². The molecule has 4 aromatic rings. The van der Waals surface area contributed by atoms with Crippen molar-refractivity contribution in [2.24, 2.45) is 0 Å². The molecule has 158 valence electrons. The first-order valence-electron chi connectivity index (χ1n) is 9.25. The van der Waals surface area contributed by atoms with Crippen molar-refractivity contribution < 1.29 is 9.53 Å². The fraction of sp³-hybridized carbons (Fsp3) is 0.143. The lowest BCUT2D eigenvalue weighted by molar-refractivity contribution is -0.113. The number of nitrogens with one attached hydrogen (secondary N) is 2. The average molecular weight is 456 g/mol. The van der Waals surface area contributed by atoms with E-state index in [9.17, 15) is 9.59 Å². The van der Waals surface area contributed by atoms with Crippen LogP contribution in [0, 0.1) is 6.92 Å². The molecule has 0 bridgehead atoms. The Bertz CT molecular complexity index is 1320. The van der Waals surface area contributed by atoms with Crippen molar-refractivity contribution >= 4 is 46.1 Å². The number of hydrogen-bond acceptors (Lipinski definition) is 6. The molecular formula is C21H18ClN5O3S. The zero-order valence-corrected chi connectivity index (χ0v) is 18.3. The van der Waals surface area contributed by atoms with Crippen LogP contribution in [0.4, 0.5) is 5.69 Å². The van der Waals surface area contributed by atoms with Gasteiger partial charge in [-0.05, 0) is 37.3 Å². The molecule has 8 nitrogen and oxygen atoms in total. The first-order chi connectivity index (χ1) is 15.0. The number of thioether (sulfide) groups is 1. The van der Waals surface area contributed by atoms with Crippen molar-refractivity contribution in [2.75, 3.05) is 18.2 Å². The molecule has 0 atom stereocenters. The van der Waals surface area contributed by atoms with Crippen LogP contribution in [0.2, 0.25) is 5.02 Å². The molecule has 0 aliphatic carbocycles. The van der Waals surface area contributed by atoms with E-state index in [-0.39, 0.29) is 22.7 Å². The van der Waals surface area contributed by atoms with Gasteiger partial charge in [-0.25, -0.2) is 9.97 Å². The number of aromatic amines is 1.